The summed E-state index contributed by atoms with van der Waals surface area (Å²) < 4.78 is 25.6. The van der Waals surface area contributed by atoms with Gasteiger partial charge in [0.2, 0.25) is 0 Å². The molecule has 8 heteroatoms. The van der Waals surface area contributed by atoms with Crippen LogP contribution in [-0.4, -0.2) is 27.2 Å². The van der Waals surface area contributed by atoms with Gasteiger partial charge in [-0.2, -0.15) is 0 Å². The molecular weight excluding hydrogens is 463 g/mol. The molecule has 0 aliphatic carbocycles. The third-order valence-electron chi connectivity index (χ3n) is 5.40. The van der Waals surface area contributed by atoms with Crippen molar-refractivity contribution >= 4 is 23.2 Å². The van der Waals surface area contributed by atoms with Gasteiger partial charge in [-0.3, -0.25) is 14.3 Å². The zero-order valence-electron chi connectivity index (χ0n) is 19.9. The number of hydrogen-bond acceptors (Lipinski definition) is 6. The Morgan fingerprint density at radius 2 is 1.81 bits per heavy atom. The van der Waals surface area contributed by atoms with Crippen molar-refractivity contribution in [2.45, 2.75) is 26.9 Å². The first-order valence-corrected chi connectivity index (χ1v) is 11.4. The maximum absolute atomic E-state index is 13.5. The van der Waals surface area contributed by atoms with Crippen molar-refractivity contribution in [1.82, 2.24) is 9.55 Å². The van der Waals surface area contributed by atoms with Gasteiger partial charge in [0.15, 0.2) is 11.3 Å². The highest BCUT2D eigenvalue weighted by atomic mass is 19.1. The Morgan fingerprint density at radius 3 is 2.47 bits per heavy atom. The Bertz CT molecular complexity index is 1470. The summed E-state index contributed by atoms with van der Waals surface area (Å²) >= 11 is 0. The molecule has 7 nitrogen and oxygen atoms in total. The molecule has 0 atom stereocenters. The third kappa shape index (κ3) is 5.43. The van der Waals surface area contributed by atoms with E-state index >= 15 is 0 Å². The summed E-state index contributed by atoms with van der Waals surface area (Å²) in [5.41, 5.74) is 2.00. The van der Waals surface area contributed by atoms with Crippen LogP contribution >= 0.6 is 0 Å². The molecule has 2 aromatic heterocycles. The van der Waals surface area contributed by atoms with E-state index in [2.05, 4.69) is 4.98 Å². The normalized spacial score (nSPS) is 11.5. The van der Waals surface area contributed by atoms with Crippen LogP contribution in [0.4, 0.5) is 4.39 Å². The minimum atomic E-state index is -0.845. The number of carbonyl (C=O) groups excluding carboxylic acids is 1. The predicted molar refractivity (Wildman–Crippen MR) is 135 cm³/mol. The highest BCUT2D eigenvalue weighted by Crippen LogP contribution is 2.29. The Hall–Kier alpha value is -4.46. The van der Waals surface area contributed by atoms with Crippen molar-refractivity contribution in [2.24, 2.45) is 0 Å². The number of allylic oxidation sites excluding steroid dienone is 1. The van der Waals surface area contributed by atoms with Crippen molar-refractivity contribution in [3.8, 4) is 5.75 Å². The standard InChI is InChI=1S/C28H25FN2O5/c1-3-35-28(34)24-26(36-17-20-7-5-4-6-8-20)25-23(31(27(24)33)16-18(2)32)14-21(15-30-25)13-19-9-11-22(29)12-10-19/h4-12,14-16,32H,3,13,17H2,1-2H3/b18-16-. The van der Waals surface area contributed by atoms with E-state index in [1.165, 1.54) is 25.3 Å². The van der Waals surface area contributed by atoms with E-state index < -0.39 is 11.5 Å². The van der Waals surface area contributed by atoms with Crippen molar-refractivity contribution in [3.63, 3.8) is 0 Å². The van der Waals surface area contributed by atoms with Gasteiger partial charge in [0.25, 0.3) is 5.56 Å². The lowest BCUT2D eigenvalue weighted by Crippen LogP contribution is -2.27. The summed E-state index contributed by atoms with van der Waals surface area (Å²) in [4.78, 5) is 30.9. The number of aliphatic hydroxyl groups is 1. The number of aliphatic hydroxyl groups excluding tert-OH is 1. The van der Waals surface area contributed by atoms with Gasteiger partial charge in [0, 0.05) is 12.4 Å². The molecule has 184 valence electrons. The van der Waals surface area contributed by atoms with Gasteiger partial charge in [0.05, 0.1) is 12.1 Å². The number of halogens is 1. The summed E-state index contributed by atoms with van der Waals surface area (Å²) in [5.74, 6) is -1.32. The number of pyridine rings is 2. The van der Waals surface area contributed by atoms with E-state index in [-0.39, 0.29) is 41.6 Å². The monoisotopic (exact) mass is 488 g/mol. The fraction of sp³-hybridized carbons (Fsp3) is 0.179. The van der Waals surface area contributed by atoms with Gasteiger partial charge < -0.3 is 14.6 Å². The van der Waals surface area contributed by atoms with Crippen LogP contribution < -0.4 is 10.3 Å². The second-order valence-electron chi connectivity index (χ2n) is 8.16. The molecule has 4 rings (SSSR count). The van der Waals surface area contributed by atoms with Crippen molar-refractivity contribution in [1.29, 1.82) is 0 Å². The molecule has 0 radical (unpaired) electrons. The lowest BCUT2D eigenvalue weighted by atomic mass is 10.1. The summed E-state index contributed by atoms with van der Waals surface area (Å²) in [6.45, 7) is 3.21. The van der Waals surface area contributed by atoms with Crippen LogP contribution in [0.25, 0.3) is 17.2 Å². The predicted octanol–water partition coefficient (Wildman–Crippen LogP) is 5.26. The molecule has 0 spiro atoms. The average molecular weight is 489 g/mol. The van der Waals surface area contributed by atoms with Gasteiger partial charge in [0.1, 0.15) is 23.7 Å². The molecule has 36 heavy (non-hydrogen) atoms. The van der Waals surface area contributed by atoms with Crippen LogP contribution in [0, 0.1) is 5.82 Å². The Balaban J connectivity index is 1.91. The Morgan fingerprint density at radius 1 is 1.08 bits per heavy atom. The largest absolute Gasteiger partial charge is 0.511 e. The van der Waals surface area contributed by atoms with E-state index in [4.69, 9.17) is 9.47 Å². The zero-order chi connectivity index (χ0) is 25.7. The van der Waals surface area contributed by atoms with E-state index in [0.717, 1.165) is 21.3 Å². The molecule has 0 amide bonds. The minimum Gasteiger partial charge on any atom is -0.511 e. The fourth-order valence-corrected chi connectivity index (χ4v) is 3.80. The Kier molecular flexibility index (Phi) is 7.44. The van der Waals surface area contributed by atoms with E-state index in [9.17, 15) is 19.1 Å². The number of ether oxygens (including phenoxy) is 2. The first kappa shape index (κ1) is 24.7. The number of benzene rings is 2. The number of nitrogens with zero attached hydrogens (tertiary/aromatic N) is 2. The van der Waals surface area contributed by atoms with Gasteiger partial charge >= 0.3 is 5.97 Å². The molecular formula is C28H25FN2O5. The van der Waals surface area contributed by atoms with Gasteiger partial charge in [-0.1, -0.05) is 42.5 Å². The summed E-state index contributed by atoms with van der Waals surface area (Å²) in [6.07, 6.45) is 3.26. The number of hydrogen-bond donors (Lipinski definition) is 1. The molecule has 0 bridgehead atoms. The molecule has 0 saturated heterocycles. The first-order chi connectivity index (χ1) is 17.4. The van der Waals surface area contributed by atoms with Crippen molar-refractivity contribution in [3.05, 3.63) is 111 Å². The zero-order valence-corrected chi connectivity index (χ0v) is 19.9. The number of carbonyl (C=O) groups is 1. The maximum atomic E-state index is 13.5. The SMILES string of the molecule is CCOC(=O)c1c(OCc2ccccc2)c2ncc(Cc3ccc(F)cc3)cc2n(/C=C(/C)O)c1=O. The van der Waals surface area contributed by atoms with Gasteiger partial charge in [-0.15, -0.1) is 0 Å². The van der Waals surface area contributed by atoms with Crippen molar-refractivity contribution in [2.75, 3.05) is 6.61 Å². The topological polar surface area (TPSA) is 90.7 Å². The fourth-order valence-electron chi connectivity index (χ4n) is 3.80. The van der Waals surface area contributed by atoms with Crippen LogP contribution in [0.1, 0.15) is 40.9 Å². The number of rotatable bonds is 8. The highest BCUT2D eigenvalue weighted by molar-refractivity contribution is 5.99. The van der Waals surface area contributed by atoms with Crippen LogP contribution in [0.2, 0.25) is 0 Å². The molecule has 0 aliphatic rings. The highest BCUT2D eigenvalue weighted by Gasteiger charge is 2.26. The van der Waals surface area contributed by atoms with E-state index in [0.29, 0.717) is 11.9 Å². The molecule has 0 fully saturated rings. The molecule has 4 aromatic rings. The average Bonchev–Trinajstić information content (AvgIpc) is 2.86. The van der Waals surface area contributed by atoms with Gasteiger partial charge in [-0.05, 0) is 55.2 Å². The third-order valence-corrected chi connectivity index (χ3v) is 5.40. The van der Waals surface area contributed by atoms with Crippen LogP contribution in [0.3, 0.4) is 0 Å². The molecule has 1 N–H and O–H groups in total. The van der Waals surface area contributed by atoms with Crippen LogP contribution in [-0.2, 0) is 17.8 Å². The lowest BCUT2D eigenvalue weighted by Gasteiger charge is -2.16. The molecule has 0 saturated carbocycles. The van der Waals surface area contributed by atoms with E-state index in [1.807, 2.05) is 30.3 Å². The quantitative estimate of drug-likeness (QED) is 0.269. The Labute approximate surface area is 207 Å². The van der Waals surface area contributed by atoms with Crippen LogP contribution in [0.15, 0.2) is 77.4 Å². The lowest BCUT2D eigenvalue weighted by molar-refractivity contribution is 0.0519. The number of esters is 1. The molecule has 0 aliphatic heterocycles. The van der Waals surface area contributed by atoms with Crippen molar-refractivity contribution < 1.29 is 23.8 Å². The maximum Gasteiger partial charge on any atom is 0.347 e. The number of fused-ring (bicyclic) bond motifs is 1. The molecule has 0 unspecified atom stereocenters. The first-order valence-electron chi connectivity index (χ1n) is 11.4. The second-order valence-corrected chi connectivity index (χ2v) is 8.16. The van der Waals surface area contributed by atoms with Gasteiger partial charge in [-0.25, -0.2) is 9.18 Å². The molecule has 2 aromatic carbocycles. The van der Waals surface area contributed by atoms with E-state index in [1.54, 1.807) is 31.3 Å². The summed E-state index contributed by atoms with van der Waals surface area (Å²) in [7, 11) is 0. The minimum absolute atomic E-state index is 0.00544. The van der Waals surface area contributed by atoms with Crippen LogP contribution in [0.5, 0.6) is 5.75 Å². The molecule has 2 heterocycles. The number of aromatic nitrogens is 2. The summed E-state index contributed by atoms with van der Waals surface area (Å²) in [5, 5.41) is 9.97. The second kappa shape index (κ2) is 10.9. The smallest absolute Gasteiger partial charge is 0.347 e. The summed E-state index contributed by atoms with van der Waals surface area (Å²) in [6, 6.07) is 17.1.